The summed E-state index contributed by atoms with van der Waals surface area (Å²) in [6.07, 6.45) is 6.10. The van der Waals surface area contributed by atoms with Crippen molar-refractivity contribution in [1.82, 2.24) is 0 Å². The van der Waals surface area contributed by atoms with E-state index in [0.717, 1.165) is 19.3 Å². The van der Waals surface area contributed by atoms with Crippen LogP contribution in [-0.2, 0) is 4.79 Å². The number of nitrogens with two attached hydrogens (primary N) is 1. The maximum Gasteiger partial charge on any atom is 0.223 e. The molecule has 0 aliphatic carbocycles. The Kier molecular flexibility index (Phi) is 8.25. The van der Waals surface area contributed by atoms with Gasteiger partial charge in [0.15, 0.2) is 0 Å². The van der Waals surface area contributed by atoms with Crippen molar-refractivity contribution in [2.45, 2.75) is 78.7 Å². The highest BCUT2D eigenvalue weighted by atomic mass is 16.3. The number of aliphatic hydroxyl groups excluding tert-OH is 1. The quantitative estimate of drug-likeness (QED) is 0.590. The van der Waals surface area contributed by atoms with Gasteiger partial charge in [0, 0.05) is 0 Å². The third-order valence-electron chi connectivity index (χ3n) is 4.14. The first-order valence-electron chi connectivity index (χ1n) is 7.38. The molecule has 108 valence electrons. The van der Waals surface area contributed by atoms with E-state index in [2.05, 4.69) is 6.92 Å². The van der Waals surface area contributed by atoms with Gasteiger partial charge in [0.05, 0.1) is 11.5 Å². The summed E-state index contributed by atoms with van der Waals surface area (Å²) in [4.78, 5) is 11.9. The minimum Gasteiger partial charge on any atom is -0.393 e. The zero-order valence-corrected chi connectivity index (χ0v) is 12.5. The summed E-state index contributed by atoms with van der Waals surface area (Å²) in [5, 5.41) is 9.89. The molecule has 3 heteroatoms. The molecule has 0 aromatic heterocycles. The molecule has 0 aliphatic heterocycles. The number of hydrogen-bond acceptors (Lipinski definition) is 2. The lowest BCUT2D eigenvalue weighted by molar-refractivity contribution is -0.133. The number of hydrogen-bond donors (Lipinski definition) is 2. The lowest BCUT2D eigenvalue weighted by Crippen LogP contribution is -2.44. The second kappa shape index (κ2) is 8.52. The SMILES string of the molecule is CCCCCCC(CC(O)CC)(C(N)=O)C(C)C. The molecule has 3 nitrogen and oxygen atoms in total. The van der Waals surface area contributed by atoms with Gasteiger partial charge in [-0.3, -0.25) is 4.79 Å². The highest BCUT2D eigenvalue weighted by Gasteiger charge is 2.40. The van der Waals surface area contributed by atoms with Gasteiger partial charge < -0.3 is 10.8 Å². The third-order valence-corrected chi connectivity index (χ3v) is 4.14. The Balaban J connectivity index is 4.70. The molecule has 0 spiro atoms. The Hall–Kier alpha value is -0.570. The summed E-state index contributed by atoms with van der Waals surface area (Å²) in [6.45, 7) is 8.18. The van der Waals surface area contributed by atoms with Gasteiger partial charge in [0.2, 0.25) is 5.91 Å². The molecule has 2 unspecified atom stereocenters. The van der Waals surface area contributed by atoms with Crippen molar-refractivity contribution in [3.05, 3.63) is 0 Å². The van der Waals surface area contributed by atoms with Crippen molar-refractivity contribution in [2.24, 2.45) is 17.1 Å². The van der Waals surface area contributed by atoms with Gasteiger partial charge in [-0.1, -0.05) is 53.4 Å². The molecule has 0 aromatic rings. The molecule has 0 aliphatic rings. The second-order valence-electron chi connectivity index (χ2n) is 5.75. The number of aliphatic hydroxyl groups is 1. The lowest BCUT2D eigenvalue weighted by atomic mass is 9.69. The molecular formula is C15H31NO2. The topological polar surface area (TPSA) is 63.3 Å². The fourth-order valence-electron chi connectivity index (χ4n) is 2.57. The molecule has 0 fully saturated rings. The van der Waals surface area contributed by atoms with Crippen LogP contribution in [0.15, 0.2) is 0 Å². The van der Waals surface area contributed by atoms with E-state index >= 15 is 0 Å². The van der Waals surface area contributed by atoms with E-state index in [1.807, 2.05) is 20.8 Å². The third kappa shape index (κ3) is 4.97. The minimum atomic E-state index is -0.539. The molecule has 0 saturated heterocycles. The Morgan fingerprint density at radius 1 is 1.22 bits per heavy atom. The molecule has 1 amide bonds. The highest BCUT2D eigenvalue weighted by molar-refractivity contribution is 5.81. The predicted molar refractivity (Wildman–Crippen MR) is 76.1 cm³/mol. The van der Waals surface area contributed by atoms with Gasteiger partial charge in [-0.05, 0) is 25.2 Å². The van der Waals surface area contributed by atoms with E-state index < -0.39 is 11.5 Å². The first-order chi connectivity index (χ1) is 8.40. The van der Waals surface area contributed by atoms with Crippen molar-refractivity contribution in [3.8, 4) is 0 Å². The van der Waals surface area contributed by atoms with Gasteiger partial charge in [-0.25, -0.2) is 0 Å². The van der Waals surface area contributed by atoms with Crippen LogP contribution in [0, 0.1) is 11.3 Å². The van der Waals surface area contributed by atoms with Gasteiger partial charge >= 0.3 is 0 Å². The van der Waals surface area contributed by atoms with Crippen molar-refractivity contribution in [2.75, 3.05) is 0 Å². The lowest BCUT2D eigenvalue weighted by Gasteiger charge is -2.36. The Morgan fingerprint density at radius 3 is 2.22 bits per heavy atom. The van der Waals surface area contributed by atoms with Crippen molar-refractivity contribution in [1.29, 1.82) is 0 Å². The molecule has 0 radical (unpaired) electrons. The van der Waals surface area contributed by atoms with Crippen LogP contribution in [0.25, 0.3) is 0 Å². The summed E-state index contributed by atoms with van der Waals surface area (Å²) in [7, 11) is 0. The zero-order valence-electron chi connectivity index (χ0n) is 12.5. The first-order valence-corrected chi connectivity index (χ1v) is 7.38. The maximum atomic E-state index is 11.9. The molecule has 0 heterocycles. The molecule has 18 heavy (non-hydrogen) atoms. The van der Waals surface area contributed by atoms with Crippen molar-refractivity contribution >= 4 is 5.91 Å². The Labute approximate surface area is 112 Å². The molecule has 2 atom stereocenters. The first kappa shape index (κ1) is 17.4. The highest BCUT2D eigenvalue weighted by Crippen LogP contribution is 2.38. The smallest absolute Gasteiger partial charge is 0.223 e. The monoisotopic (exact) mass is 257 g/mol. The number of unbranched alkanes of at least 4 members (excludes halogenated alkanes) is 3. The van der Waals surface area contributed by atoms with Crippen LogP contribution in [0.4, 0.5) is 0 Å². The number of carbonyl (C=O) groups excluding carboxylic acids is 1. The average molecular weight is 257 g/mol. The number of primary amides is 1. The van der Waals surface area contributed by atoms with Crippen molar-refractivity contribution in [3.63, 3.8) is 0 Å². The summed E-state index contributed by atoms with van der Waals surface area (Å²) >= 11 is 0. The molecule has 0 aromatic carbocycles. The van der Waals surface area contributed by atoms with Crippen LogP contribution in [0.5, 0.6) is 0 Å². The van der Waals surface area contributed by atoms with Gasteiger partial charge in [-0.15, -0.1) is 0 Å². The molecule has 0 rings (SSSR count). The Bertz CT molecular complexity index is 241. The van der Waals surface area contributed by atoms with Crippen LogP contribution in [0.1, 0.15) is 72.6 Å². The van der Waals surface area contributed by atoms with Crippen LogP contribution in [-0.4, -0.2) is 17.1 Å². The van der Waals surface area contributed by atoms with Crippen molar-refractivity contribution < 1.29 is 9.90 Å². The van der Waals surface area contributed by atoms with E-state index in [4.69, 9.17) is 5.73 Å². The van der Waals surface area contributed by atoms with Gasteiger partial charge in [0.1, 0.15) is 0 Å². The molecule has 0 bridgehead atoms. The summed E-state index contributed by atoms with van der Waals surface area (Å²) in [5.74, 6) is -0.0701. The zero-order chi connectivity index (χ0) is 14.2. The number of rotatable bonds is 10. The normalized spacial score (nSPS) is 16.6. The van der Waals surface area contributed by atoms with E-state index in [-0.39, 0.29) is 11.8 Å². The summed E-state index contributed by atoms with van der Waals surface area (Å²) < 4.78 is 0. The van der Waals surface area contributed by atoms with Crippen LogP contribution < -0.4 is 5.73 Å². The van der Waals surface area contributed by atoms with Crippen LogP contribution >= 0.6 is 0 Å². The predicted octanol–water partition coefficient (Wildman–Crippen LogP) is 3.25. The van der Waals surface area contributed by atoms with E-state index in [1.54, 1.807) is 0 Å². The second-order valence-corrected chi connectivity index (χ2v) is 5.75. The van der Waals surface area contributed by atoms with Crippen LogP contribution in [0.2, 0.25) is 0 Å². The van der Waals surface area contributed by atoms with E-state index in [1.165, 1.54) is 12.8 Å². The standard InChI is InChI=1S/C15H31NO2/c1-5-7-8-9-10-15(12(3)4,14(16)18)11-13(17)6-2/h12-13,17H,5-11H2,1-4H3,(H2,16,18). The van der Waals surface area contributed by atoms with Gasteiger partial charge in [-0.2, -0.15) is 0 Å². The van der Waals surface area contributed by atoms with E-state index in [0.29, 0.717) is 12.8 Å². The van der Waals surface area contributed by atoms with Gasteiger partial charge in [0.25, 0.3) is 0 Å². The Morgan fingerprint density at radius 2 is 1.83 bits per heavy atom. The summed E-state index contributed by atoms with van der Waals surface area (Å²) in [5.41, 5.74) is 5.10. The fourth-order valence-corrected chi connectivity index (χ4v) is 2.57. The number of carbonyl (C=O) groups is 1. The fraction of sp³-hybridized carbons (Fsp3) is 0.933. The van der Waals surface area contributed by atoms with Crippen LogP contribution in [0.3, 0.4) is 0 Å². The maximum absolute atomic E-state index is 11.9. The average Bonchev–Trinajstić information content (AvgIpc) is 2.31. The molecule has 0 saturated carbocycles. The molecule has 3 N–H and O–H groups in total. The summed E-state index contributed by atoms with van der Waals surface area (Å²) in [6, 6.07) is 0. The van der Waals surface area contributed by atoms with E-state index in [9.17, 15) is 9.90 Å². The number of amides is 1. The molecular weight excluding hydrogens is 226 g/mol. The minimum absolute atomic E-state index is 0.179. The largest absolute Gasteiger partial charge is 0.393 e.